The molecule has 1 atom stereocenters. The SMILES string of the molecule is C[C@](O)(CNC(=O)C1c2ccccc2Oc2ccccc21)C1CC1. The van der Waals surface area contributed by atoms with E-state index in [1.54, 1.807) is 6.92 Å². The van der Waals surface area contributed by atoms with E-state index in [0.29, 0.717) is 17.4 Å². The van der Waals surface area contributed by atoms with Gasteiger partial charge in [0.05, 0.1) is 11.5 Å². The van der Waals surface area contributed by atoms with Crippen molar-refractivity contribution >= 4 is 5.91 Å². The Morgan fingerprint density at radius 3 is 2.21 bits per heavy atom. The third-order valence-corrected chi connectivity index (χ3v) is 5.02. The summed E-state index contributed by atoms with van der Waals surface area (Å²) >= 11 is 0. The van der Waals surface area contributed by atoms with Crippen molar-refractivity contribution in [2.75, 3.05) is 6.54 Å². The molecule has 2 N–H and O–H groups in total. The van der Waals surface area contributed by atoms with Crippen molar-refractivity contribution in [1.29, 1.82) is 0 Å². The first-order chi connectivity index (χ1) is 11.6. The summed E-state index contributed by atoms with van der Waals surface area (Å²) in [5.41, 5.74) is 0.888. The molecule has 1 amide bonds. The molecule has 1 aliphatic heterocycles. The van der Waals surface area contributed by atoms with Gasteiger partial charge in [0.25, 0.3) is 0 Å². The summed E-state index contributed by atoms with van der Waals surface area (Å²) < 4.78 is 5.92. The number of carbonyl (C=O) groups excluding carboxylic acids is 1. The highest BCUT2D eigenvalue weighted by Gasteiger charge is 2.41. The number of hydrogen-bond donors (Lipinski definition) is 2. The Hall–Kier alpha value is -2.33. The Bertz CT molecular complexity index is 734. The maximum atomic E-state index is 12.9. The molecule has 4 rings (SSSR count). The molecule has 4 heteroatoms. The molecule has 1 fully saturated rings. The Morgan fingerprint density at radius 2 is 1.67 bits per heavy atom. The van der Waals surface area contributed by atoms with Gasteiger partial charge >= 0.3 is 0 Å². The average Bonchev–Trinajstić information content (AvgIpc) is 3.43. The largest absolute Gasteiger partial charge is 0.457 e. The van der Waals surface area contributed by atoms with Crippen LogP contribution < -0.4 is 10.1 Å². The van der Waals surface area contributed by atoms with Crippen molar-refractivity contribution < 1.29 is 14.6 Å². The summed E-state index contributed by atoms with van der Waals surface area (Å²) in [5, 5.41) is 13.4. The van der Waals surface area contributed by atoms with Crippen molar-refractivity contribution in [3.63, 3.8) is 0 Å². The number of hydrogen-bond acceptors (Lipinski definition) is 3. The molecule has 1 heterocycles. The van der Waals surface area contributed by atoms with Crippen LogP contribution in [0.3, 0.4) is 0 Å². The summed E-state index contributed by atoms with van der Waals surface area (Å²) in [6.07, 6.45) is 2.07. The summed E-state index contributed by atoms with van der Waals surface area (Å²) in [6, 6.07) is 15.2. The second kappa shape index (κ2) is 5.64. The van der Waals surface area contributed by atoms with Crippen LogP contribution in [0.25, 0.3) is 0 Å². The maximum absolute atomic E-state index is 12.9. The molecule has 0 spiro atoms. The lowest BCUT2D eigenvalue weighted by Crippen LogP contribution is -2.44. The molecule has 0 saturated heterocycles. The molecule has 2 aromatic rings. The van der Waals surface area contributed by atoms with Crippen LogP contribution in [0.2, 0.25) is 0 Å². The van der Waals surface area contributed by atoms with E-state index in [2.05, 4.69) is 5.32 Å². The van der Waals surface area contributed by atoms with E-state index < -0.39 is 11.5 Å². The summed E-state index contributed by atoms with van der Waals surface area (Å²) in [4.78, 5) is 12.9. The summed E-state index contributed by atoms with van der Waals surface area (Å²) in [6.45, 7) is 2.08. The minimum atomic E-state index is -0.833. The Kier molecular flexibility index (Phi) is 3.57. The number of rotatable bonds is 4. The minimum Gasteiger partial charge on any atom is -0.457 e. The molecule has 0 radical (unpaired) electrons. The standard InChI is InChI=1S/C20H21NO3/c1-20(23,13-10-11-13)12-21-19(22)18-14-6-2-4-8-16(14)24-17-9-5-3-7-15(17)18/h2-9,13,18,23H,10-12H2,1H3,(H,21,22)/t20-/m0/s1. The third kappa shape index (κ3) is 2.67. The van der Waals surface area contributed by atoms with Gasteiger partial charge in [-0.3, -0.25) is 4.79 Å². The highest BCUT2D eigenvalue weighted by atomic mass is 16.5. The van der Waals surface area contributed by atoms with Crippen LogP contribution in [0.5, 0.6) is 11.5 Å². The lowest BCUT2D eigenvalue weighted by atomic mass is 9.87. The number of nitrogens with one attached hydrogen (secondary N) is 1. The fourth-order valence-corrected chi connectivity index (χ4v) is 3.41. The molecule has 0 unspecified atom stereocenters. The van der Waals surface area contributed by atoms with Crippen molar-refractivity contribution in [1.82, 2.24) is 5.32 Å². The molecule has 1 aliphatic carbocycles. The van der Waals surface area contributed by atoms with Gasteiger partial charge in [0.2, 0.25) is 5.91 Å². The van der Waals surface area contributed by atoms with E-state index in [1.807, 2.05) is 48.5 Å². The predicted octanol–water partition coefficient (Wildman–Crippen LogP) is 3.20. The van der Waals surface area contributed by atoms with Crippen molar-refractivity contribution in [2.24, 2.45) is 5.92 Å². The first-order valence-corrected chi connectivity index (χ1v) is 8.42. The number of ether oxygens (including phenoxy) is 1. The van der Waals surface area contributed by atoms with Gasteiger partial charge in [0.15, 0.2) is 0 Å². The first kappa shape index (κ1) is 15.2. The number of benzene rings is 2. The lowest BCUT2D eigenvalue weighted by molar-refractivity contribution is -0.123. The molecule has 1 saturated carbocycles. The molecular formula is C20H21NO3. The van der Waals surface area contributed by atoms with Crippen LogP contribution >= 0.6 is 0 Å². The van der Waals surface area contributed by atoms with Gasteiger partial charge < -0.3 is 15.2 Å². The zero-order chi connectivity index (χ0) is 16.7. The Morgan fingerprint density at radius 1 is 1.12 bits per heavy atom. The van der Waals surface area contributed by atoms with Crippen molar-refractivity contribution in [3.8, 4) is 11.5 Å². The summed E-state index contributed by atoms with van der Waals surface area (Å²) in [5.74, 6) is 1.21. The second-order valence-corrected chi connectivity index (χ2v) is 6.96. The smallest absolute Gasteiger partial charge is 0.232 e. The zero-order valence-electron chi connectivity index (χ0n) is 13.7. The van der Waals surface area contributed by atoms with Crippen molar-refractivity contribution in [2.45, 2.75) is 31.3 Å². The highest BCUT2D eigenvalue weighted by molar-refractivity contribution is 5.89. The maximum Gasteiger partial charge on any atom is 0.232 e. The Balaban J connectivity index is 1.63. The van der Waals surface area contributed by atoms with Gasteiger partial charge in [0, 0.05) is 17.7 Å². The van der Waals surface area contributed by atoms with Gasteiger partial charge in [-0.2, -0.15) is 0 Å². The number of para-hydroxylation sites is 2. The zero-order valence-corrected chi connectivity index (χ0v) is 13.7. The van der Waals surface area contributed by atoms with E-state index in [9.17, 15) is 9.90 Å². The topological polar surface area (TPSA) is 58.6 Å². The van der Waals surface area contributed by atoms with Gasteiger partial charge in [-0.1, -0.05) is 36.4 Å². The predicted molar refractivity (Wildman–Crippen MR) is 91.2 cm³/mol. The number of aliphatic hydroxyl groups is 1. The van der Waals surface area contributed by atoms with Gasteiger partial charge in [-0.05, 0) is 37.8 Å². The van der Waals surface area contributed by atoms with E-state index >= 15 is 0 Å². The van der Waals surface area contributed by atoms with Crippen LogP contribution in [0, 0.1) is 5.92 Å². The van der Waals surface area contributed by atoms with E-state index in [-0.39, 0.29) is 12.5 Å². The van der Waals surface area contributed by atoms with Crippen LogP contribution in [0.1, 0.15) is 36.8 Å². The molecule has 24 heavy (non-hydrogen) atoms. The fraction of sp³-hybridized carbons (Fsp3) is 0.350. The molecular weight excluding hydrogens is 302 g/mol. The summed E-state index contributed by atoms with van der Waals surface area (Å²) in [7, 11) is 0. The van der Waals surface area contributed by atoms with E-state index in [0.717, 1.165) is 24.0 Å². The fourth-order valence-electron chi connectivity index (χ4n) is 3.41. The van der Waals surface area contributed by atoms with Gasteiger partial charge in [-0.25, -0.2) is 0 Å². The van der Waals surface area contributed by atoms with Crippen LogP contribution in [-0.4, -0.2) is 23.2 Å². The first-order valence-electron chi connectivity index (χ1n) is 8.42. The second-order valence-electron chi connectivity index (χ2n) is 6.96. The molecule has 0 bridgehead atoms. The quantitative estimate of drug-likeness (QED) is 0.908. The van der Waals surface area contributed by atoms with E-state index in [1.165, 1.54) is 0 Å². The molecule has 124 valence electrons. The molecule has 0 aromatic heterocycles. The average molecular weight is 323 g/mol. The number of fused-ring (bicyclic) bond motifs is 2. The minimum absolute atomic E-state index is 0.0980. The van der Waals surface area contributed by atoms with E-state index in [4.69, 9.17) is 4.74 Å². The van der Waals surface area contributed by atoms with Crippen LogP contribution in [0.15, 0.2) is 48.5 Å². The monoisotopic (exact) mass is 323 g/mol. The van der Waals surface area contributed by atoms with Gasteiger partial charge in [0.1, 0.15) is 11.5 Å². The number of carbonyl (C=O) groups is 1. The highest BCUT2D eigenvalue weighted by Crippen LogP contribution is 2.44. The normalized spacial score (nSPS) is 18.8. The van der Waals surface area contributed by atoms with Crippen LogP contribution in [-0.2, 0) is 4.79 Å². The third-order valence-electron chi connectivity index (χ3n) is 5.02. The molecule has 4 nitrogen and oxygen atoms in total. The molecule has 2 aliphatic rings. The number of amides is 1. The Labute approximate surface area is 141 Å². The van der Waals surface area contributed by atoms with Crippen LogP contribution in [0.4, 0.5) is 0 Å². The lowest BCUT2D eigenvalue weighted by Gasteiger charge is -2.29. The molecule has 2 aromatic carbocycles. The van der Waals surface area contributed by atoms with Gasteiger partial charge in [-0.15, -0.1) is 0 Å². The van der Waals surface area contributed by atoms with Crippen molar-refractivity contribution in [3.05, 3.63) is 59.7 Å².